The number of thiocarbonyl (C=S) groups is 1. The Balaban J connectivity index is 1.84. The molecule has 0 aromatic carbocycles. The molecule has 0 spiro atoms. The quantitative estimate of drug-likeness (QED) is 0.464. The molecule has 0 N–H and O–H groups in total. The third kappa shape index (κ3) is 4.13. The molecule has 1 aromatic rings. The van der Waals surface area contributed by atoms with Crippen LogP contribution in [0.1, 0.15) is 75.0 Å². The van der Waals surface area contributed by atoms with Gasteiger partial charge in [0.05, 0.1) is 4.91 Å². The summed E-state index contributed by atoms with van der Waals surface area (Å²) in [4.78, 5) is 31.2. The molecule has 1 saturated carbocycles. The van der Waals surface area contributed by atoms with Crippen LogP contribution in [0.4, 0.5) is 5.82 Å². The highest BCUT2D eigenvalue weighted by Gasteiger charge is 2.38. The molecule has 4 rings (SSSR count). The lowest BCUT2D eigenvalue weighted by atomic mass is 9.94. The van der Waals surface area contributed by atoms with Crippen molar-refractivity contribution in [2.24, 2.45) is 0 Å². The van der Waals surface area contributed by atoms with Crippen LogP contribution < -0.4 is 10.5 Å². The Morgan fingerprint density at radius 2 is 1.84 bits per heavy atom. The summed E-state index contributed by atoms with van der Waals surface area (Å²) in [7, 11) is 0. The largest absolute Gasteiger partial charge is 0.357 e. The van der Waals surface area contributed by atoms with Crippen LogP contribution in [0.2, 0.25) is 0 Å². The van der Waals surface area contributed by atoms with Gasteiger partial charge in [-0.05, 0) is 50.7 Å². The second-order valence-corrected chi connectivity index (χ2v) is 10.5. The van der Waals surface area contributed by atoms with Gasteiger partial charge >= 0.3 is 0 Å². The maximum atomic E-state index is 13.4. The van der Waals surface area contributed by atoms with Crippen molar-refractivity contribution < 1.29 is 4.79 Å². The van der Waals surface area contributed by atoms with E-state index in [0.29, 0.717) is 21.3 Å². The Hall–Kier alpha value is -2.11. The zero-order chi connectivity index (χ0) is 22.8. The predicted octanol–water partition coefficient (Wildman–Crippen LogP) is 4.57. The minimum atomic E-state index is -0.236. The highest BCUT2D eigenvalue weighted by molar-refractivity contribution is 8.26. The normalized spacial score (nSPS) is 21.1. The third-order valence-corrected chi connectivity index (χ3v) is 8.07. The lowest BCUT2D eigenvalue weighted by Gasteiger charge is -2.30. The van der Waals surface area contributed by atoms with Gasteiger partial charge in [-0.1, -0.05) is 50.2 Å². The summed E-state index contributed by atoms with van der Waals surface area (Å²) in [5.41, 5.74) is 1.38. The number of amides is 1. The molecule has 0 unspecified atom stereocenters. The molecule has 3 aliphatic rings. The van der Waals surface area contributed by atoms with Crippen LogP contribution in [-0.2, 0) is 11.3 Å². The van der Waals surface area contributed by atoms with Gasteiger partial charge < -0.3 is 4.90 Å². The van der Waals surface area contributed by atoms with Gasteiger partial charge in [-0.25, -0.2) is 0 Å². The molecule has 0 radical (unpaired) electrons. The van der Waals surface area contributed by atoms with E-state index in [2.05, 4.69) is 11.0 Å². The minimum absolute atomic E-state index is 0.0366. The first-order valence-corrected chi connectivity index (χ1v) is 12.9. The van der Waals surface area contributed by atoms with E-state index in [4.69, 9.17) is 12.2 Å². The van der Waals surface area contributed by atoms with Crippen molar-refractivity contribution in [2.75, 3.05) is 18.0 Å². The van der Waals surface area contributed by atoms with E-state index in [-0.39, 0.29) is 23.1 Å². The third-order valence-electron chi connectivity index (χ3n) is 6.74. The number of aromatic nitrogens is 1. The lowest BCUT2D eigenvalue weighted by molar-refractivity contribution is -0.124. The number of rotatable bonds is 5. The summed E-state index contributed by atoms with van der Waals surface area (Å²) in [6.45, 7) is 6.14. The van der Waals surface area contributed by atoms with Crippen molar-refractivity contribution in [3.05, 3.63) is 31.9 Å². The van der Waals surface area contributed by atoms with Crippen LogP contribution in [0.15, 0.2) is 9.70 Å². The summed E-state index contributed by atoms with van der Waals surface area (Å²) < 4.78 is 2.36. The van der Waals surface area contributed by atoms with Gasteiger partial charge in [-0.3, -0.25) is 19.1 Å². The zero-order valence-corrected chi connectivity index (χ0v) is 20.5. The molecule has 1 aliphatic carbocycles. The maximum absolute atomic E-state index is 13.4. The number of hydrogen-bond donors (Lipinski definition) is 0. The van der Waals surface area contributed by atoms with Crippen LogP contribution >= 0.6 is 24.0 Å². The molecule has 2 saturated heterocycles. The monoisotopic (exact) mass is 470 g/mol. The fourth-order valence-electron chi connectivity index (χ4n) is 5.11. The first-order chi connectivity index (χ1) is 15.5. The van der Waals surface area contributed by atoms with E-state index >= 15 is 0 Å². The number of carbonyl (C=O) groups is 1. The fourth-order valence-corrected chi connectivity index (χ4v) is 6.49. The Morgan fingerprint density at radius 3 is 2.47 bits per heavy atom. The summed E-state index contributed by atoms with van der Waals surface area (Å²) in [5.74, 6) is 0.805. The minimum Gasteiger partial charge on any atom is -0.357 e. The molecule has 1 amide bonds. The van der Waals surface area contributed by atoms with Gasteiger partial charge in [-0.2, -0.15) is 5.26 Å². The highest BCUT2D eigenvalue weighted by atomic mass is 32.2. The number of hydrogen-bond acceptors (Lipinski definition) is 6. The van der Waals surface area contributed by atoms with Crippen LogP contribution in [0.25, 0.3) is 6.08 Å². The van der Waals surface area contributed by atoms with E-state index in [9.17, 15) is 14.9 Å². The van der Waals surface area contributed by atoms with Gasteiger partial charge in [0, 0.05) is 31.2 Å². The number of pyridine rings is 1. The number of nitriles is 1. The molecule has 3 heterocycles. The van der Waals surface area contributed by atoms with Crippen LogP contribution in [0.3, 0.4) is 0 Å². The van der Waals surface area contributed by atoms with Crippen molar-refractivity contribution in [1.82, 2.24) is 9.47 Å². The van der Waals surface area contributed by atoms with Crippen LogP contribution in [0, 0.1) is 18.3 Å². The van der Waals surface area contributed by atoms with E-state index in [0.717, 1.165) is 69.4 Å². The second-order valence-electron chi connectivity index (χ2n) is 8.84. The first-order valence-electron chi connectivity index (χ1n) is 11.7. The molecular weight excluding hydrogens is 440 g/mol. The van der Waals surface area contributed by atoms with Gasteiger partial charge in [0.2, 0.25) is 0 Å². The SMILES string of the molecule is CCCn1c(N2CCCC2)c(C=C2SC(=S)N(C3CCCCC3)C2=O)c(C)c(C#N)c1=O. The van der Waals surface area contributed by atoms with Crippen molar-refractivity contribution in [2.45, 2.75) is 77.8 Å². The van der Waals surface area contributed by atoms with Gasteiger partial charge in [0.1, 0.15) is 21.8 Å². The van der Waals surface area contributed by atoms with E-state index < -0.39 is 0 Å². The maximum Gasteiger partial charge on any atom is 0.270 e. The van der Waals surface area contributed by atoms with Crippen LogP contribution in [0.5, 0.6) is 0 Å². The molecule has 170 valence electrons. The molecular formula is C24H30N4O2S2. The first kappa shape index (κ1) is 23.1. The van der Waals surface area contributed by atoms with E-state index in [1.54, 1.807) is 4.57 Å². The highest BCUT2D eigenvalue weighted by Crippen LogP contribution is 2.39. The summed E-state index contributed by atoms with van der Waals surface area (Å²) in [5, 5.41) is 9.74. The zero-order valence-electron chi connectivity index (χ0n) is 18.9. The number of nitrogens with zero attached hydrogens (tertiary/aromatic N) is 4. The van der Waals surface area contributed by atoms with E-state index in [1.807, 2.05) is 24.8 Å². The fraction of sp³-hybridized carbons (Fsp3) is 0.583. The van der Waals surface area contributed by atoms with Crippen LogP contribution in [-0.4, -0.2) is 38.8 Å². The molecule has 0 atom stereocenters. The van der Waals surface area contributed by atoms with Gasteiger partial charge in [-0.15, -0.1) is 0 Å². The molecule has 32 heavy (non-hydrogen) atoms. The molecule has 8 heteroatoms. The van der Waals surface area contributed by atoms with Crippen molar-refractivity contribution in [3.63, 3.8) is 0 Å². The Kier molecular flexibility index (Phi) is 7.06. The standard InChI is InChI=1S/C24H30N4O2S2/c1-3-11-27-21(26-12-7-8-13-26)18(16(2)19(15-25)22(27)29)14-20-23(30)28(24(31)32-20)17-9-5-4-6-10-17/h14,17H,3-13H2,1-2H3. The number of anilines is 1. The molecule has 2 aliphatic heterocycles. The topological polar surface area (TPSA) is 69.3 Å². The van der Waals surface area contributed by atoms with Crippen molar-refractivity contribution >= 4 is 46.1 Å². The van der Waals surface area contributed by atoms with Crippen molar-refractivity contribution in [1.29, 1.82) is 5.26 Å². The predicted molar refractivity (Wildman–Crippen MR) is 134 cm³/mol. The lowest BCUT2D eigenvalue weighted by Crippen LogP contribution is -2.39. The Morgan fingerprint density at radius 1 is 1.16 bits per heavy atom. The number of thioether (sulfide) groups is 1. The Bertz CT molecular complexity index is 1060. The average molecular weight is 471 g/mol. The summed E-state index contributed by atoms with van der Waals surface area (Å²) in [6, 6.07) is 2.30. The van der Waals surface area contributed by atoms with E-state index in [1.165, 1.54) is 18.2 Å². The van der Waals surface area contributed by atoms with Crippen molar-refractivity contribution in [3.8, 4) is 6.07 Å². The Labute approximate surface area is 199 Å². The van der Waals surface area contributed by atoms with Gasteiger partial charge in [0.15, 0.2) is 0 Å². The number of carbonyl (C=O) groups excluding carboxylic acids is 1. The average Bonchev–Trinajstić information content (AvgIpc) is 3.41. The smallest absolute Gasteiger partial charge is 0.270 e. The summed E-state index contributed by atoms with van der Waals surface area (Å²) in [6.07, 6.45) is 10.3. The second kappa shape index (κ2) is 9.80. The molecule has 1 aromatic heterocycles. The van der Waals surface area contributed by atoms with Gasteiger partial charge in [0.25, 0.3) is 11.5 Å². The summed E-state index contributed by atoms with van der Waals surface area (Å²) >= 11 is 6.96. The molecule has 6 nitrogen and oxygen atoms in total. The molecule has 0 bridgehead atoms. The molecule has 3 fully saturated rings.